The van der Waals surface area contributed by atoms with Gasteiger partial charge in [0, 0.05) is 5.02 Å². The van der Waals surface area contributed by atoms with Crippen LogP contribution in [0.25, 0.3) is 0 Å². The van der Waals surface area contributed by atoms with Crippen LogP contribution < -0.4 is 9.62 Å². The molecule has 0 bridgehead atoms. The number of anilines is 1. The third-order valence-electron chi connectivity index (χ3n) is 4.87. The van der Waals surface area contributed by atoms with Gasteiger partial charge in [0.15, 0.2) is 0 Å². The van der Waals surface area contributed by atoms with Crippen LogP contribution in [0.15, 0.2) is 42.5 Å². The van der Waals surface area contributed by atoms with Crippen LogP contribution in [-0.4, -0.2) is 26.6 Å². The Morgan fingerprint density at radius 2 is 1.60 bits per heavy atom. The number of rotatable bonds is 6. The Balaban J connectivity index is 2.26. The number of hydrogen-bond acceptors (Lipinski definition) is 3. The predicted molar refractivity (Wildman–Crippen MR) is 125 cm³/mol. The summed E-state index contributed by atoms with van der Waals surface area (Å²) in [6.07, 6.45) is 1.03. The Morgan fingerprint density at radius 3 is 2.10 bits per heavy atom. The summed E-state index contributed by atoms with van der Waals surface area (Å²) in [5, 5.41) is 3.40. The van der Waals surface area contributed by atoms with Gasteiger partial charge >= 0.3 is 0 Å². The molecule has 2 atom stereocenters. The molecule has 0 unspecified atom stereocenters. The Labute approximate surface area is 189 Å². The van der Waals surface area contributed by atoms with Gasteiger partial charge in [0.25, 0.3) is 0 Å². The van der Waals surface area contributed by atoms with E-state index >= 15 is 0 Å². The minimum Gasteiger partial charge on any atom is -0.348 e. The van der Waals surface area contributed by atoms with E-state index < -0.39 is 22.0 Å². The van der Waals surface area contributed by atoms with Crippen molar-refractivity contribution >= 4 is 44.8 Å². The molecule has 0 heterocycles. The minimum atomic E-state index is -3.79. The summed E-state index contributed by atoms with van der Waals surface area (Å²) in [4.78, 5) is 12.9. The van der Waals surface area contributed by atoms with Crippen molar-refractivity contribution < 1.29 is 13.2 Å². The fraction of sp³-hybridized carbons (Fsp3) is 0.409. The monoisotopic (exact) mass is 470 g/mol. The lowest BCUT2D eigenvalue weighted by Crippen LogP contribution is -2.48. The molecule has 1 N–H and O–H groups in total. The topological polar surface area (TPSA) is 66.5 Å². The van der Waals surface area contributed by atoms with Crippen molar-refractivity contribution in [3.05, 3.63) is 63.6 Å². The molecule has 0 aliphatic rings. The van der Waals surface area contributed by atoms with E-state index in [1.54, 1.807) is 6.07 Å². The lowest BCUT2D eigenvalue weighted by atomic mass is 9.86. The van der Waals surface area contributed by atoms with Gasteiger partial charge in [0.2, 0.25) is 15.9 Å². The second-order valence-electron chi connectivity index (χ2n) is 8.43. The molecule has 0 aliphatic heterocycles. The average molecular weight is 471 g/mol. The molecule has 0 aliphatic carbocycles. The van der Waals surface area contributed by atoms with E-state index in [1.165, 1.54) is 24.6 Å². The first-order valence-corrected chi connectivity index (χ1v) is 12.2. The minimum absolute atomic E-state index is 0.0335. The molecule has 0 fully saturated rings. The first-order chi connectivity index (χ1) is 13.7. The van der Waals surface area contributed by atoms with E-state index in [-0.39, 0.29) is 22.2 Å². The Hall–Kier alpha value is -1.76. The largest absolute Gasteiger partial charge is 0.348 e. The molecule has 30 heavy (non-hydrogen) atoms. The van der Waals surface area contributed by atoms with Gasteiger partial charge in [0.1, 0.15) is 6.04 Å². The highest BCUT2D eigenvalue weighted by molar-refractivity contribution is 7.92. The third kappa shape index (κ3) is 5.90. The summed E-state index contributed by atoms with van der Waals surface area (Å²) in [6, 6.07) is 11.2. The zero-order valence-electron chi connectivity index (χ0n) is 18.0. The van der Waals surface area contributed by atoms with Crippen molar-refractivity contribution in [2.45, 2.75) is 52.1 Å². The zero-order chi connectivity index (χ0) is 22.9. The number of nitrogens with zero attached hydrogens (tertiary/aromatic N) is 1. The van der Waals surface area contributed by atoms with Crippen molar-refractivity contribution in [3.63, 3.8) is 0 Å². The molecule has 0 saturated heterocycles. The number of amides is 1. The molecule has 1 amide bonds. The number of sulfonamides is 1. The molecule has 164 valence electrons. The van der Waals surface area contributed by atoms with E-state index in [9.17, 15) is 13.2 Å². The van der Waals surface area contributed by atoms with Crippen LogP contribution >= 0.6 is 23.2 Å². The summed E-state index contributed by atoms with van der Waals surface area (Å²) in [5.41, 5.74) is 2.31. The molecule has 2 aromatic rings. The van der Waals surface area contributed by atoms with E-state index in [0.717, 1.165) is 16.1 Å². The van der Waals surface area contributed by atoms with Gasteiger partial charge in [-0.2, -0.15) is 0 Å². The number of nitrogens with one attached hydrogen (secondary N) is 1. The van der Waals surface area contributed by atoms with Crippen LogP contribution in [0.4, 0.5) is 5.69 Å². The Bertz CT molecular complexity index is 1020. The Kier molecular flexibility index (Phi) is 7.49. The first kappa shape index (κ1) is 24.5. The first-order valence-electron chi connectivity index (χ1n) is 9.57. The van der Waals surface area contributed by atoms with Gasteiger partial charge in [-0.25, -0.2) is 8.42 Å². The molecule has 0 aromatic heterocycles. The van der Waals surface area contributed by atoms with Gasteiger partial charge in [0.05, 0.1) is 23.0 Å². The second kappa shape index (κ2) is 9.16. The summed E-state index contributed by atoms with van der Waals surface area (Å²) in [5.74, 6) is -0.441. The molecule has 5 nitrogen and oxygen atoms in total. The number of carbonyl (C=O) groups is 1. The lowest BCUT2D eigenvalue weighted by Gasteiger charge is -2.30. The molecule has 2 rings (SSSR count). The SMILES string of the molecule is C[C@H](NC(=O)[C@@H](C)N(c1cc(Cl)ccc1Cl)S(C)(=O)=O)c1ccc(C(C)(C)C)cc1. The number of carbonyl (C=O) groups excluding carboxylic acids is 1. The third-order valence-corrected chi connectivity index (χ3v) is 6.65. The standard InChI is InChI=1S/C22H28Cl2N2O3S/c1-14(16-7-9-17(10-8-16)22(3,4)5)25-21(27)15(2)26(30(6,28)29)20-13-18(23)11-12-19(20)24/h7-15H,1-6H3,(H,25,27)/t14-,15+/m0/s1. The molecule has 2 aromatic carbocycles. The van der Waals surface area contributed by atoms with Crippen molar-refractivity contribution in [3.8, 4) is 0 Å². The molecule has 0 radical (unpaired) electrons. The highest BCUT2D eigenvalue weighted by atomic mass is 35.5. The van der Waals surface area contributed by atoms with E-state index in [1.807, 2.05) is 31.2 Å². The van der Waals surface area contributed by atoms with Gasteiger partial charge in [-0.15, -0.1) is 0 Å². The van der Waals surface area contributed by atoms with E-state index in [2.05, 4.69) is 26.1 Å². The maximum Gasteiger partial charge on any atom is 0.244 e. The van der Waals surface area contributed by atoms with Gasteiger partial charge in [-0.1, -0.05) is 68.2 Å². The second-order valence-corrected chi connectivity index (χ2v) is 11.1. The number of benzene rings is 2. The number of hydrogen-bond donors (Lipinski definition) is 1. The number of halogens is 2. The summed E-state index contributed by atoms with van der Waals surface area (Å²) in [7, 11) is -3.79. The van der Waals surface area contributed by atoms with Crippen LogP contribution in [0.2, 0.25) is 10.0 Å². The van der Waals surface area contributed by atoms with Crippen molar-refractivity contribution in [1.82, 2.24) is 5.32 Å². The molecular weight excluding hydrogens is 443 g/mol. The fourth-order valence-corrected chi connectivity index (χ4v) is 4.73. The van der Waals surface area contributed by atoms with Crippen LogP contribution in [0.5, 0.6) is 0 Å². The van der Waals surface area contributed by atoms with Crippen LogP contribution in [0.3, 0.4) is 0 Å². The average Bonchev–Trinajstić information content (AvgIpc) is 2.62. The quantitative estimate of drug-likeness (QED) is 0.620. The van der Waals surface area contributed by atoms with Crippen LogP contribution in [0.1, 0.15) is 51.8 Å². The summed E-state index contributed by atoms with van der Waals surface area (Å²) < 4.78 is 25.9. The maximum absolute atomic E-state index is 12.9. The van der Waals surface area contributed by atoms with Gasteiger partial charge < -0.3 is 5.32 Å². The van der Waals surface area contributed by atoms with Gasteiger partial charge in [-0.3, -0.25) is 9.10 Å². The van der Waals surface area contributed by atoms with Crippen LogP contribution in [-0.2, 0) is 20.2 Å². The molecule has 0 spiro atoms. The van der Waals surface area contributed by atoms with Crippen molar-refractivity contribution in [2.75, 3.05) is 10.6 Å². The summed E-state index contributed by atoms with van der Waals surface area (Å²) >= 11 is 12.2. The normalized spacial score (nSPS) is 14.1. The maximum atomic E-state index is 12.9. The lowest BCUT2D eigenvalue weighted by molar-refractivity contribution is -0.122. The highest BCUT2D eigenvalue weighted by Gasteiger charge is 2.31. The van der Waals surface area contributed by atoms with E-state index in [4.69, 9.17) is 23.2 Å². The fourth-order valence-electron chi connectivity index (χ4n) is 3.12. The highest BCUT2D eigenvalue weighted by Crippen LogP contribution is 2.32. The molecule has 0 saturated carbocycles. The van der Waals surface area contributed by atoms with Crippen LogP contribution in [0, 0.1) is 0 Å². The smallest absolute Gasteiger partial charge is 0.244 e. The molecular formula is C22H28Cl2N2O3S. The van der Waals surface area contributed by atoms with E-state index in [0.29, 0.717) is 5.02 Å². The van der Waals surface area contributed by atoms with Gasteiger partial charge in [-0.05, 0) is 48.6 Å². The van der Waals surface area contributed by atoms with Crippen molar-refractivity contribution in [2.24, 2.45) is 0 Å². The predicted octanol–water partition coefficient (Wildman–Crippen LogP) is 5.32. The summed E-state index contributed by atoms with van der Waals surface area (Å²) in [6.45, 7) is 9.78. The molecule has 8 heteroatoms. The zero-order valence-corrected chi connectivity index (χ0v) is 20.4. The Morgan fingerprint density at radius 1 is 1.03 bits per heavy atom. The van der Waals surface area contributed by atoms with Crippen molar-refractivity contribution in [1.29, 1.82) is 0 Å².